The van der Waals surface area contributed by atoms with Crippen LogP contribution in [-0.2, 0) is 0 Å². The molecule has 1 aliphatic rings. The fourth-order valence-corrected chi connectivity index (χ4v) is 2.78. The van der Waals surface area contributed by atoms with Gasteiger partial charge < -0.3 is 9.88 Å². The SMILES string of the molecule is CC(C1CCCN1)n1ccc2ccccc21. The molecule has 0 aliphatic carbocycles. The van der Waals surface area contributed by atoms with E-state index in [-0.39, 0.29) is 0 Å². The lowest BCUT2D eigenvalue weighted by Gasteiger charge is -2.22. The van der Waals surface area contributed by atoms with Crippen LogP contribution in [0.25, 0.3) is 10.9 Å². The normalized spacial score (nSPS) is 22.7. The maximum atomic E-state index is 3.59. The van der Waals surface area contributed by atoms with E-state index in [2.05, 4.69) is 53.3 Å². The highest BCUT2D eigenvalue weighted by atomic mass is 15.1. The number of benzene rings is 1. The molecule has 2 aromatic rings. The van der Waals surface area contributed by atoms with Gasteiger partial charge in [0.25, 0.3) is 0 Å². The predicted octanol–water partition coefficient (Wildman–Crippen LogP) is 2.95. The van der Waals surface area contributed by atoms with Gasteiger partial charge in [-0.1, -0.05) is 18.2 Å². The molecule has 0 bridgehead atoms. The van der Waals surface area contributed by atoms with Gasteiger partial charge in [-0.15, -0.1) is 0 Å². The standard InChI is InChI=1S/C14H18N2/c1-11(13-6-4-9-15-13)16-10-8-12-5-2-3-7-14(12)16/h2-3,5,7-8,10-11,13,15H,4,6,9H2,1H3. The summed E-state index contributed by atoms with van der Waals surface area (Å²) in [6, 6.07) is 12.0. The van der Waals surface area contributed by atoms with Crippen LogP contribution in [0.5, 0.6) is 0 Å². The molecule has 0 saturated carbocycles. The highest BCUT2D eigenvalue weighted by molar-refractivity contribution is 5.80. The quantitative estimate of drug-likeness (QED) is 0.813. The molecule has 2 nitrogen and oxygen atoms in total. The Morgan fingerprint density at radius 2 is 2.19 bits per heavy atom. The Morgan fingerprint density at radius 3 is 3.00 bits per heavy atom. The summed E-state index contributed by atoms with van der Waals surface area (Å²) < 4.78 is 2.40. The molecule has 1 saturated heterocycles. The number of nitrogens with zero attached hydrogens (tertiary/aromatic N) is 1. The van der Waals surface area contributed by atoms with Gasteiger partial charge in [0, 0.05) is 23.8 Å². The molecule has 1 aromatic carbocycles. The zero-order chi connectivity index (χ0) is 11.0. The molecular formula is C14H18N2. The third-order valence-electron chi connectivity index (χ3n) is 3.75. The minimum Gasteiger partial charge on any atom is -0.343 e. The summed E-state index contributed by atoms with van der Waals surface area (Å²) in [7, 11) is 0. The van der Waals surface area contributed by atoms with Gasteiger partial charge in [0.05, 0.1) is 0 Å². The highest BCUT2D eigenvalue weighted by Gasteiger charge is 2.22. The first kappa shape index (κ1) is 9.91. The second-order valence-electron chi connectivity index (χ2n) is 4.73. The van der Waals surface area contributed by atoms with E-state index in [1.807, 2.05) is 0 Å². The van der Waals surface area contributed by atoms with Crippen molar-refractivity contribution < 1.29 is 0 Å². The summed E-state index contributed by atoms with van der Waals surface area (Å²) in [5.74, 6) is 0. The summed E-state index contributed by atoms with van der Waals surface area (Å²) in [5.41, 5.74) is 1.35. The molecule has 16 heavy (non-hydrogen) atoms. The van der Waals surface area contributed by atoms with Gasteiger partial charge in [-0.3, -0.25) is 0 Å². The van der Waals surface area contributed by atoms with Crippen molar-refractivity contribution in [2.24, 2.45) is 0 Å². The molecule has 1 aromatic heterocycles. The van der Waals surface area contributed by atoms with Gasteiger partial charge >= 0.3 is 0 Å². The number of nitrogens with one attached hydrogen (secondary N) is 1. The third-order valence-corrected chi connectivity index (χ3v) is 3.75. The molecule has 0 spiro atoms. The molecule has 0 radical (unpaired) electrons. The smallest absolute Gasteiger partial charge is 0.0483 e. The van der Waals surface area contributed by atoms with E-state index in [1.54, 1.807) is 0 Å². The first-order valence-electron chi connectivity index (χ1n) is 6.15. The van der Waals surface area contributed by atoms with Crippen molar-refractivity contribution in [3.05, 3.63) is 36.5 Å². The second-order valence-corrected chi connectivity index (χ2v) is 4.73. The molecule has 2 atom stereocenters. The van der Waals surface area contributed by atoms with Crippen LogP contribution in [0.1, 0.15) is 25.8 Å². The second kappa shape index (κ2) is 3.95. The van der Waals surface area contributed by atoms with Gasteiger partial charge in [0.2, 0.25) is 0 Å². The summed E-state index contributed by atoms with van der Waals surface area (Å²) in [5, 5.41) is 4.93. The van der Waals surface area contributed by atoms with E-state index in [4.69, 9.17) is 0 Å². The van der Waals surface area contributed by atoms with Crippen LogP contribution < -0.4 is 5.32 Å². The molecule has 84 valence electrons. The number of hydrogen-bond donors (Lipinski definition) is 1. The van der Waals surface area contributed by atoms with E-state index in [0.29, 0.717) is 12.1 Å². The summed E-state index contributed by atoms with van der Waals surface area (Å²) >= 11 is 0. The molecule has 0 amide bonds. The predicted molar refractivity (Wildman–Crippen MR) is 67.7 cm³/mol. The highest BCUT2D eigenvalue weighted by Crippen LogP contribution is 2.25. The van der Waals surface area contributed by atoms with Gasteiger partial charge in [0.15, 0.2) is 0 Å². The lowest BCUT2D eigenvalue weighted by molar-refractivity contribution is 0.419. The van der Waals surface area contributed by atoms with Crippen molar-refractivity contribution in [2.45, 2.75) is 31.8 Å². The Morgan fingerprint density at radius 1 is 1.31 bits per heavy atom. The number of rotatable bonds is 2. The zero-order valence-electron chi connectivity index (χ0n) is 9.69. The Kier molecular flexibility index (Phi) is 2.44. The number of para-hydroxylation sites is 1. The number of aromatic nitrogens is 1. The first-order valence-corrected chi connectivity index (χ1v) is 6.15. The van der Waals surface area contributed by atoms with Crippen molar-refractivity contribution in [3.8, 4) is 0 Å². The molecule has 2 unspecified atom stereocenters. The van der Waals surface area contributed by atoms with Crippen molar-refractivity contribution in [3.63, 3.8) is 0 Å². The van der Waals surface area contributed by atoms with Crippen molar-refractivity contribution in [1.29, 1.82) is 0 Å². The molecule has 1 aliphatic heterocycles. The average molecular weight is 214 g/mol. The van der Waals surface area contributed by atoms with E-state index >= 15 is 0 Å². The minimum atomic E-state index is 0.544. The molecule has 2 heterocycles. The maximum absolute atomic E-state index is 3.59. The van der Waals surface area contributed by atoms with Crippen LogP contribution in [0.3, 0.4) is 0 Å². The summed E-state index contributed by atoms with van der Waals surface area (Å²) in [4.78, 5) is 0. The van der Waals surface area contributed by atoms with Gasteiger partial charge in [0.1, 0.15) is 0 Å². The van der Waals surface area contributed by atoms with Crippen molar-refractivity contribution in [2.75, 3.05) is 6.54 Å². The Hall–Kier alpha value is -1.28. The lowest BCUT2D eigenvalue weighted by Crippen LogP contribution is -2.30. The number of hydrogen-bond acceptors (Lipinski definition) is 1. The Bertz CT molecular complexity index is 480. The van der Waals surface area contributed by atoms with E-state index < -0.39 is 0 Å². The molecule has 1 fully saturated rings. The molecule has 3 rings (SSSR count). The van der Waals surface area contributed by atoms with Crippen LogP contribution in [0.15, 0.2) is 36.5 Å². The van der Waals surface area contributed by atoms with E-state index in [9.17, 15) is 0 Å². The topological polar surface area (TPSA) is 17.0 Å². The number of fused-ring (bicyclic) bond motifs is 1. The van der Waals surface area contributed by atoms with Crippen LogP contribution in [0.2, 0.25) is 0 Å². The molecule has 2 heteroatoms. The summed E-state index contributed by atoms with van der Waals surface area (Å²) in [6.07, 6.45) is 4.83. The fraction of sp³-hybridized carbons (Fsp3) is 0.429. The average Bonchev–Trinajstić information content (AvgIpc) is 2.98. The van der Waals surface area contributed by atoms with E-state index in [0.717, 1.165) is 0 Å². The first-order chi connectivity index (χ1) is 7.86. The van der Waals surface area contributed by atoms with Crippen molar-refractivity contribution >= 4 is 10.9 Å². The Labute approximate surface area is 96.3 Å². The van der Waals surface area contributed by atoms with Crippen LogP contribution in [-0.4, -0.2) is 17.2 Å². The third kappa shape index (κ3) is 1.54. The lowest BCUT2D eigenvalue weighted by atomic mass is 10.1. The van der Waals surface area contributed by atoms with Crippen molar-refractivity contribution in [1.82, 2.24) is 9.88 Å². The van der Waals surface area contributed by atoms with E-state index in [1.165, 1.54) is 30.3 Å². The molecule has 1 N–H and O–H groups in total. The summed E-state index contributed by atoms with van der Waals surface area (Å²) in [6.45, 7) is 3.49. The fourth-order valence-electron chi connectivity index (χ4n) is 2.78. The van der Waals surface area contributed by atoms with Crippen LogP contribution in [0.4, 0.5) is 0 Å². The minimum absolute atomic E-state index is 0.544. The van der Waals surface area contributed by atoms with Gasteiger partial charge in [-0.25, -0.2) is 0 Å². The monoisotopic (exact) mass is 214 g/mol. The van der Waals surface area contributed by atoms with Gasteiger partial charge in [-0.2, -0.15) is 0 Å². The van der Waals surface area contributed by atoms with Gasteiger partial charge in [-0.05, 0) is 43.8 Å². The Balaban J connectivity index is 1.98. The van der Waals surface area contributed by atoms with Crippen LogP contribution in [0, 0.1) is 0 Å². The maximum Gasteiger partial charge on any atom is 0.0483 e. The van der Waals surface area contributed by atoms with Crippen LogP contribution >= 0.6 is 0 Å². The zero-order valence-corrected chi connectivity index (χ0v) is 9.69. The largest absolute Gasteiger partial charge is 0.343 e. The molecular weight excluding hydrogens is 196 g/mol.